The van der Waals surface area contributed by atoms with Crippen molar-refractivity contribution in [3.05, 3.63) is 57.8 Å². The Morgan fingerprint density at radius 2 is 2.00 bits per heavy atom. The topological polar surface area (TPSA) is 57.6 Å². The van der Waals surface area contributed by atoms with Crippen molar-refractivity contribution < 1.29 is 14.7 Å². The fraction of sp³-hybridized carbons (Fsp3) is 0.368. The molecule has 0 spiro atoms. The maximum atomic E-state index is 12.9. The van der Waals surface area contributed by atoms with E-state index in [4.69, 9.17) is 0 Å². The first-order valence-electron chi connectivity index (χ1n) is 8.10. The summed E-state index contributed by atoms with van der Waals surface area (Å²) in [5.74, 6) is -0.861. The van der Waals surface area contributed by atoms with Gasteiger partial charge in [-0.2, -0.15) is 0 Å². The minimum atomic E-state index is -0.969. The number of hydrogen-bond acceptors (Lipinski definition) is 3. The van der Waals surface area contributed by atoms with Crippen molar-refractivity contribution in [3.8, 4) is 0 Å². The van der Waals surface area contributed by atoms with Gasteiger partial charge < -0.3 is 10.0 Å². The third-order valence-corrected chi connectivity index (χ3v) is 5.80. The van der Waals surface area contributed by atoms with Gasteiger partial charge in [0.1, 0.15) is 6.04 Å². The van der Waals surface area contributed by atoms with Crippen LogP contribution < -0.4 is 0 Å². The molecule has 0 saturated heterocycles. The fourth-order valence-electron chi connectivity index (χ4n) is 3.05. The second kappa shape index (κ2) is 6.77. The third-order valence-electron chi connectivity index (χ3n) is 4.65. The van der Waals surface area contributed by atoms with Crippen molar-refractivity contribution in [1.82, 2.24) is 4.90 Å². The van der Waals surface area contributed by atoms with Crippen LogP contribution in [0, 0.1) is 12.8 Å². The third kappa shape index (κ3) is 3.36. The summed E-state index contributed by atoms with van der Waals surface area (Å²) in [5, 5.41) is 11.4. The number of benzene rings is 1. The van der Waals surface area contributed by atoms with Gasteiger partial charge in [-0.15, -0.1) is 11.3 Å². The molecule has 0 radical (unpaired) electrons. The van der Waals surface area contributed by atoms with E-state index in [1.807, 2.05) is 35.7 Å². The highest BCUT2D eigenvalue weighted by molar-refractivity contribution is 7.10. The predicted molar refractivity (Wildman–Crippen MR) is 94.0 cm³/mol. The number of aryl methyl sites for hydroxylation is 1. The van der Waals surface area contributed by atoms with Crippen molar-refractivity contribution in [2.45, 2.75) is 38.8 Å². The molecule has 1 aliphatic rings. The average Bonchev–Trinajstić information content (AvgIpc) is 3.26. The molecule has 126 valence electrons. The average molecular weight is 343 g/mol. The van der Waals surface area contributed by atoms with Crippen LogP contribution in [0.5, 0.6) is 0 Å². The molecule has 1 saturated carbocycles. The van der Waals surface area contributed by atoms with E-state index in [0.29, 0.717) is 6.54 Å². The zero-order chi connectivity index (χ0) is 17.3. The van der Waals surface area contributed by atoms with Crippen molar-refractivity contribution in [2.75, 3.05) is 0 Å². The normalized spacial score (nSPS) is 20.4. The van der Waals surface area contributed by atoms with Crippen LogP contribution >= 0.6 is 11.3 Å². The van der Waals surface area contributed by atoms with E-state index in [-0.39, 0.29) is 17.7 Å². The lowest BCUT2D eigenvalue weighted by Gasteiger charge is -2.27. The molecule has 3 unspecified atom stereocenters. The molecule has 0 aliphatic heterocycles. The summed E-state index contributed by atoms with van der Waals surface area (Å²) in [4.78, 5) is 27.2. The van der Waals surface area contributed by atoms with Crippen LogP contribution in [0.3, 0.4) is 0 Å². The van der Waals surface area contributed by atoms with E-state index in [9.17, 15) is 14.7 Å². The van der Waals surface area contributed by atoms with Crippen LogP contribution in [0.25, 0.3) is 0 Å². The van der Waals surface area contributed by atoms with E-state index >= 15 is 0 Å². The van der Waals surface area contributed by atoms with Gasteiger partial charge >= 0.3 is 5.97 Å². The molecule has 24 heavy (non-hydrogen) atoms. The summed E-state index contributed by atoms with van der Waals surface area (Å²) < 4.78 is 0. The molecule has 1 aromatic heterocycles. The number of rotatable bonds is 6. The molecular formula is C19H21NO3S. The Balaban J connectivity index is 1.77. The smallest absolute Gasteiger partial charge is 0.326 e. The number of carbonyl (C=O) groups excluding carboxylic acids is 1. The molecule has 1 N–H and O–H groups in total. The molecule has 1 amide bonds. The van der Waals surface area contributed by atoms with E-state index in [2.05, 4.69) is 13.0 Å². The van der Waals surface area contributed by atoms with Gasteiger partial charge in [0, 0.05) is 23.3 Å². The number of hydrogen-bond donors (Lipinski definition) is 1. The first-order valence-corrected chi connectivity index (χ1v) is 8.98. The Morgan fingerprint density at radius 3 is 2.58 bits per heavy atom. The second-order valence-electron chi connectivity index (χ2n) is 6.38. The summed E-state index contributed by atoms with van der Waals surface area (Å²) in [6.07, 6.45) is 0.817. The number of carboxylic acid groups (broad SMARTS) is 1. The van der Waals surface area contributed by atoms with Gasteiger partial charge in [0.05, 0.1) is 0 Å². The SMILES string of the molecule is Cc1ccsc1C1CC1C(=O)N(Cc1ccccc1)C(C)C(=O)O. The van der Waals surface area contributed by atoms with Crippen LogP contribution in [0.4, 0.5) is 0 Å². The largest absolute Gasteiger partial charge is 0.480 e. The summed E-state index contributed by atoms with van der Waals surface area (Å²) in [6, 6.07) is 10.8. The zero-order valence-corrected chi connectivity index (χ0v) is 14.6. The highest BCUT2D eigenvalue weighted by atomic mass is 32.1. The van der Waals surface area contributed by atoms with Crippen LogP contribution in [-0.4, -0.2) is 27.9 Å². The first kappa shape index (κ1) is 16.7. The molecule has 3 rings (SSSR count). The van der Waals surface area contributed by atoms with Gasteiger partial charge in [0.25, 0.3) is 0 Å². The van der Waals surface area contributed by atoms with Crippen molar-refractivity contribution in [1.29, 1.82) is 0 Å². The van der Waals surface area contributed by atoms with Gasteiger partial charge in [0.2, 0.25) is 5.91 Å². The number of carbonyl (C=O) groups is 2. The summed E-state index contributed by atoms with van der Waals surface area (Å²) >= 11 is 1.68. The lowest BCUT2D eigenvalue weighted by atomic mass is 10.1. The van der Waals surface area contributed by atoms with Crippen LogP contribution in [0.2, 0.25) is 0 Å². The van der Waals surface area contributed by atoms with Crippen molar-refractivity contribution >= 4 is 23.2 Å². The quantitative estimate of drug-likeness (QED) is 0.871. The Bertz CT molecular complexity index is 740. The maximum Gasteiger partial charge on any atom is 0.326 e. The second-order valence-corrected chi connectivity index (χ2v) is 7.33. The Kier molecular flexibility index (Phi) is 4.71. The zero-order valence-electron chi connectivity index (χ0n) is 13.8. The van der Waals surface area contributed by atoms with Gasteiger partial charge in [0.15, 0.2) is 0 Å². The monoisotopic (exact) mass is 343 g/mol. The Morgan fingerprint density at radius 1 is 1.29 bits per heavy atom. The highest BCUT2D eigenvalue weighted by Crippen LogP contribution is 2.51. The fourth-order valence-corrected chi connectivity index (χ4v) is 4.16. The maximum absolute atomic E-state index is 12.9. The number of amides is 1. The number of nitrogens with zero attached hydrogens (tertiary/aromatic N) is 1. The molecular weight excluding hydrogens is 322 g/mol. The van der Waals surface area contributed by atoms with Crippen LogP contribution in [0.15, 0.2) is 41.8 Å². The lowest BCUT2D eigenvalue weighted by Crippen LogP contribution is -2.43. The van der Waals surface area contributed by atoms with E-state index in [0.717, 1.165) is 12.0 Å². The highest BCUT2D eigenvalue weighted by Gasteiger charge is 2.48. The van der Waals surface area contributed by atoms with Crippen molar-refractivity contribution in [3.63, 3.8) is 0 Å². The lowest BCUT2D eigenvalue weighted by molar-refractivity contribution is -0.150. The molecule has 2 aromatic rings. The summed E-state index contributed by atoms with van der Waals surface area (Å²) in [6.45, 7) is 3.98. The number of aliphatic carboxylic acids is 1. The first-order chi connectivity index (χ1) is 11.5. The van der Waals surface area contributed by atoms with Gasteiger partial charge in [-0.1, -0.05) is 30.3 Å². The van der Waals surface area contributed by atoms with Gasteiger partial charge in [-0.25, -0.2) is 4.79 Å². The number of carboxylic acids is 1. The minimum absolute atomic E-state index is 0.0495. The van der Waals surface area contributed by atoms with E-state index < -0.39 is 12.0 Å². The Labute approximate surface area is 145 Å². The number of thiophene rings is 1. The van der Waals surface area contributed by atoms with Crippen LogP contribution in [-0.2, 0) is 16.1 Å². The molecule has 3 atom stereocenters. The molecule has 1 fully saturated rings. The molecule has 5 heteroatoms. The molecule has 1 aliphatic carbocycles. The minimum Gasteiger partial charge on any atom is -0.480 e. The van der Waals surface area contributed by atoms with E-state index in [1.54, 1.807) is 18.3 Å². The van der Waals surface area contributed by atoms with Gasteiger partial charge in [-0.05, 0) is 42.8 Å². The predicted octanol–water partition coefficient (Wildman–Crippen LogP) is 3.66. The standard InChI is InChI=1S/C19H21NO3S/c1-12-8-9-24-17(12)15-10-16(15)18(21)20(13(2)19(22)23)11-14-6-4-3-5-7-14/h3-9,13,15-16H,10-11H2,1-2H3,(H,22,23). The molecule has 4 nitrogen and oxygen atoms in total. The van der Waals surface area contributed by atoms with Gasteiger partial charge in [-0.3, -0.25) is 4.79 Å². The molecule has 0 bridgehead atoms. The molecule has 1 aromatic carbocycles. The Hall–Kier alpha value is -2.14. The van der Waals surface area contributed by atoms with E-state index in [1.165, 1.54) is 15.3 Å². The van der Waals surface area contributed by atoms with Crippen molar-refractivity contribution in [2.24, 2.45) is 5.92 Å². The molecule has 1 heterocycles. The summed E-state index contributed by atoms with van der Waals surface area (Å²) in [5.41, 5.74) is 2.17. The summed E-state index contributed by atoms with van der Waals surface area (Å²) in [7, 11) is 0. The van der Waals surface area contributed by atoms with Crippen LogP contribution in [0.1, 0.15) is 35.3 Å².